The van der Waals surface area contributed by atoms with Gasteiger partial charge in [0, 0.05) is 17.2 Å². The van der Waals surface area contributed by atoms with Crippen LogP contribution in [0.15, 0.2) is 18.2 Å². The van der Waals surface area contributed by atoms with Crippen LogP contribution in [0, 0.1) is 17.0 Å². The molecule has 1 aliphatic heterocycles. The van der Waals surface area contributed by atoms with Gasteiger partial charge in [-0.25, -0.2) is 8.78 Å². The van der Waals surface area contributed by atoms with Gasteiger partial charge in [-0.1, -0.05) is 13.0 Å². The van der Waals surface area contributed by atoms with Crippen LogP contribution >= 0.6 is 11.9 Å². The molecule has 1 saturated heterocycles. The van der Waals surface area contributed by atoms with Crippen molar-refractivity contribution < 1.29 is 13.6 Å². The van der Waals surface area contributed by atoms with E-state index in [2.05, 4.69) is 10.0 Å². The standard InChI is InChI=1S/C14H18F2N2OS/c1-14(4-6-17-7-5-14)13(19)18-20-9-10-2-3-11(15)8-12(10)16/h2-3,8,17H,4-7,9H2,1H3,(H,18,19). The molecule has 1 aromatic carbocycles. The van der Waals surface area contributed by atoms with E-state index in [1.54, 1.807) is 0 Å². The fourth-order valence-corrected chi connectivity index (χ4v) is 2.99. The van der Waals surface area contributed by atoms with Gasteiger partial charge < -0.3 is 5.32 Å². The summed E-state index contributed by atoms with van der Waals surface area (Å²) in [6.07, 6.45) is 1.59. The Labute approximate surface area is 121 Å². The van der Waals surface area contributed by atoms with Crippen molar-refractivity contribution in [1.82, 2.24) is 10.0 Å². The Morgan fingerprint density at radius 3 is 2.75 bits per heavy atom. The van der Waals surface area contributed by atoms with E-state index in [1.807, 2.05) is 6.92 Å². The van der Waals surface area contributed by atoms with Crippen LogP contribution in [0.5, 0.6) is 0 Å². The first kappa shape index (κ1) is 15.3. The number of amides is 1. The summed E-state index contributed by atoms with van der Waals surface area (Å²) in [5.41, 5.74) is 0.0201. The van der Waals surface area contributed by atoms with Gasteiger partial charge >= 0.3 is 0 Å². The summed E-state index contributed by atoms with van der Waals surface area (Å²) >= 11 is 1.14. The number of nitrogens with one attached hydrogen (secondary N) is 2. The maximum atomic E-state index is 13.4. The zero-order valence-corrected chi connectivity index (χ0v) is 12.2. The summed E-state index contributed by atoms with van der Waals surface area (Å²) in [5, 5.41) is 3.22. The minimum atomic E-state index is -0.595. The van der Waals surface area contributed by atoms with Gasteiger partial charge in [0.1, 0.15) is 11.6 Å². The molecule has 0 aromatic heterocycles. The molecule has 110 valence electrons. The quantitative estimate of drug-likeness (QED) is 0.840. The molecule has 6 heteroatoms. The van der Waals surface area contributed by atoms with Crippen molar-refractivity contribution in [2.75, 3.05) is 13.1 Å². The molecule has 0 radical (unpaired) electrons. The Kier molecular flexibility index (Phi) is 4.99. The molecule has 1 aromatic rings. The van der Waals surface area contributed by atoms with Crippen molar-refractivity contribution in [2.24, 2.45) is 5.41 Å². The van der Waals surface area contributed by atoms with Crippen LogP contribution in [-0.4, -0.2) is 19.0 Å². The Morgan fingerprint density at radius 2 is 2.10 bits per heavy atom. The third-order valence-electron chi connectivity index (χ3n) is 3.66. The second-order valence-corrected chi connectivity index (χ2v) is 6.05. The highest BCUT2D eigenvalue weighted by Gasteiger charge is 2.34. The summed E-state index contributed by atoms with van der Waals surface area (Å²) in [5.74, 6) is -0.916. The number of piperidine rings is 1. The van der Waals surface area contributed by atoms with Gasteiger partial charge in [0.2, 0.25) is 5.91 Å². The first-order chi connectivity index (χ1) is 9.51. The topological polar surface area (TPSA) is 41.1 Å². The lowest BCUT2D eigenvalue weighted by Gasteiger charge is -2.32. The number of carbonyl (C=O) groups excluding carboxylic acids is 1. The first-order valence-corrected chi connectivity index (χ1v) is 7.57. The number of halogens is 2. The molecule has 0 atom stereocenters. The van der Waals surface area contributed by atoms with E-state index in [-0.39, 0.29) is 17.1 Å². The summed E-state index contributed by atoms with van der Waals surface area (Å²) in [6.45, 7) is 3.62. The highest BCUT2D eigenvalue weighted by atomic mass is 32.2. The van der Waals surface area contributed by atoms with Crippen LogP contribution < -0.4 is 10.0 Å². The minimum Gasteiger partial charge on any atom is -0.317 e. The van der Waals surface area contributed by atoms with Gasteiger partial charge in [-0.15, -0.1) is 0 Å². The Bertz CT molecular complexity index is 490. The Balaban J connectivity index is 1.84. The molecule has 0 bridgehead atoms. The van der Waals surface area contributed by atoms with Gasteiger partial charge in [0.05, 0.1) is 0 Å². The van der Waals surface area contributed by atoms with Crippen LogP contribution in [-0.2, 0) is 10.5 Å². The van der Waals surface area contributed by atoms with E-state index in [9.17, 15) is 13.6 Å². The van der Waals surface area contributed by atoms with Crippen molar-refractivity contribution in [3.8, 4) is 0 Å². The maximum absolute atomic E-state index is 13.4. The molecule has 1 amide bonds. The lowest BCUT2D eigenvalue weighted by molar-refractivity contribution is -0.129. The predicted molar refractivity (Wildman–Crippen MR) is 76.0 cm³/mol. The fraction of sp³-hybridized carbons (Fsp3) is 0.500. The highest BCUT2D eigenvalue weighted by molar-refractivity contribution is 7.97. The van der Waals surface area contributed by atoms with E-state index < -0.39 is 11.6 Å². The summed E-state index contributed by atoms with van der Waals surface area (Å²) in [6, 6.07) is 3.47. The molecule has 0 spiro atoms. The van der Waals surface area contributed by atoms with Crippen LogP contribution in [0.2, 0.25) is 0 Å². The average molecular weight is 300 g/mol. The van der Waals surface area contributed by atoms with Gasteiger partial charge in [-0.05, 0) is 49.5 Å². The molecule has 0 aliphatic carbocycles. The molecule has 2 N–H and O–H groups in total. The number of carbonyl (C=O) groups is 1. The van der Waals surface area contributed by atoms with E-state index in [4.69, 9.17) is 0 Å². The average Bonchev–Trinajstić information content (AvgIpc) is 2.42. The molecule has 1 aliphatic rings. The van der Waals surface area contributed by atoms with Gasteiger partial charge in [0.25, 0.3) is 0 Å². The van der Waals surface area contributed by atoms with Crippen molar-refractivity contribution in [3.05, 3.63) is 35.4 Å². The molecule has 3 nitrogen and oxygen atoms in total. The van der Waals surface area contributed by atoms with Gasteiger partial charge in [-0.2, -0.15) is 0 Å². The van der Waals surface area contributed by atoms with E-state index in [0.717, 1.165) is 43.9 Å². The van der Waals surface area contributed by atoms with Crippen molar-refractivity contribution >= 4 is 17.9 Å². The van der Waals surface area contributed by atoms with Crippen molar-refractivity contribution in [3.63, 3.8) is 0 Å². The Hall–Kier alpha value is -1.14. The van der Waals surface area contributed by atoms with Crippen LogP contribution in [0.3, 0.4) is 0 Å². The molecular formula is C14H18F2N2OS. The molecule has 0 unspecified atom stereocenters. The third-order valence-corrected chi connectivity index (χ3v) is 4.45. The van der Waals surface area contributed by atoms with Crippen LogP contribution in [0.4, 0.5) is 8.78 Å². The Morgan fingerprint density at radius 1 is 1.40 bits per heavy atom. The summed E-state index contributed by atoms with van der Waals surface area (Å²) in [7, 11) is 0. The molecule has 1 fully saturated rings. The molecule has 1 heterocycles. The van der Waals surface area contributed by atoms with Crippen LogP contribution in [0.1, 0.15) is 25.3 Å². The molecule has 20 heavy (non-hydrogen) atoms. The summed E-state index contributed by atoms with van der Waals surface area (Å²) < 4.78 is 29.0. The molecule has 0 saturated carbocycles. The van der Waals surface area contributed by atoms with Gasteiger partial charge in [0.15, 0.2) is 0 Å². The number of benzene rings is 1. The molecule has 2 rings (SSSR count). The van der Waals surface area contributed by atoms with E-state index >= 15 is 0 Å². The molecular weight excluding hydrogens is 282 g/mol. The first-order valence-electron chi connectivity index (χ1n) is 6.58. The predicted octanol–water partition coefficient (Wildman–Crippen LogP) is 2.62. The lowest BCUT2D eigenvalue weighted by Crippen LogP contribution is -2.44. The summed E-state index contributed by atoms with van der Waals surface area (Å²) in [4.78, 5) is 12.1. The smallest absolute Gasteiger partial charge is 0.235 e. The minimum absolute atomic E-state index is 0.0217. The fourth-order valence-electron chi connectivity index (χ4n) is 2.15. The normalized spacial score (nSPS) is 17.8. The zero-order chi connectivity index (χ0) is 14.6. The zero-order valence-electron chi connectivity index (χ0n) is 11.3. The van der Waals surface area contributed by atoms with E-state index in [1.165, 1.54) is 12.1 Å². The van der Waals surface area contributed by atoms with Gasteiger partial charge in [-0.3, -0.25) is 9.52 Å². The largest absolute Gasteiger partial charge is 0.317 e. The lowest BCUT2D eigenvalue weighted by atomic mass is 9.80. The number of hydrogen-bond acceptors (Lipinski definition) is 3. The monoisotopic (exact) mass is 300 g/mol. The SMILES string of the molecule is CC1(C(=O)NSCc2ccc(F)cc2F)CCNCC1. The number of hydrogen-bond donors (Lipinski definition) is 2. The second kappa shape index (κ2) is 6.54. The van der Waals surface area contributed by atoms with Crippen LogP contribution in [0.25, 0.3) is 0 Å². The van der Waals surface area contributed by atoms with Crippen molar-refractivity contribution in [2.45, 2.75) is 25.5 Å². The third kappa shape index (κ3) is 3.70. The van der Waals surface area contributed by atoms with E-state index in [0.29, 0.717) is 5.56 Å². The number of rotatable bonds is 4. The second-order valence-electron chi connectivity index (χ2n) is 5.27. The highest BCUT2D eigenvalue weighted by Crippen LogP contribution is 2.29. The maximum Gasteiger partial charge on any atom is 0.235 e. The van der Waals surface area contributed by atoms with Crippen molar-refractivity contribution in [1.29, 1.82) is 0 Å².